The Balaban J connectivity index is 2.17. The number of hydrogen-bond acceptors (Lipinski definition) is 2. The number of halogens is 2. The molecule has 1 N–H and O–H groups in total. The van der Waals surface area contributed by atoms with E-state index in [1.807, 2.05) is 11.9 Å². The average molecular weight is 212 g/mol. The van der Waals surface area contributed by atoms with Crippen molar-refractivity contribution in [3.05, 3.63) is 29.8 Å². The molecule has 4 heteroatoms. The molecule has 0 amide bonds. The number of nitrogens with zero attached hydrogens (tertiary/aromatic N) is 1. The smallest absolute Gasteiger partial charge is 0.160 e. The fourth-order valence-corrected chi connectivity index (χ4v) is 1.89. The molecule has 82 valence electrons. The van der Waals surface area contributed by atoms with E-state index in [0.29, 0.717) is 6.04 Å². The van der Waals surface area contributed by atoms with Gasteiger partial charge >= 0.3 is 0 Å². The normalized spacial score (nSPS) is 20.6. The van der Waals surface area contributed by atoms with Crippen LogP contribution in [0.1, 0.15) is 6.42 Å². The number of anilines is 1. The minimum absolute atomic E-state index is 0.370. The molecule has 1 heterocycles. The summed E-state index contributed by atoms with van der Waals surface area (Å²) in [6, 6.07) is 4.39. The number of likely N-dealkylation sites (N-methyl/N-ethyl adjacent to an activating group) is 1. The Kier molecular flexibility index (Phi) is 2.86. The van der Waals surface area contributed by atoms with E-state index in [1.165, 1.54) is 12.1 Å². The molecule has 0 aliphatic carbocycles. The van der Waals surface area contributed by atoms with Crippen LogP contribution in [0.5, 0.6) is 0 Å². The molecule has 1 aliphatic heterocycles. The maximum Gasteiger partial charge on any atom is 0.160 e. The first-order valence-electron chi connectivity index (χ1n) is 5.07. The van der Waals surface area contributed by atoms with E-state index in [9.17, 15) is 8.78 Å². The Morgan fingerprint density at radius 3 is 2.73 bits per heavy atom. The van der Waals surface area contributed by atoms with Crippen LogP contribution in [0.2, 0.25) is 0 Å². The SMILES string of the molecule is CN(c1ccc(F)c(F)c1)C1CCNC1. The van der Waals surface area contributed by atoms with Gasteiger partial charge in [0.05, 0.1) is 0 Å². The van der Waals surface area contributed by atoms with Crippen molar-refractivity contribution in [1.82, 2.24) is 5.32 Å². The van der Waals surface area contributed by atoms with Crippen LogP contribution in [0, 0.1) is 11.6 Å². The molecule has 0 spiro atoms. The lowest BCUT2D eigenvalue weighted by Crippen LogP contribution is -2.33. The molecule has 1 atom stereocenters. The summed E-state index contributed by atoms with van der Waals surface area (Å²) in [5.74, 6) is -1.58. The highest BCUT2D eigenvalue weighted by molar-refractivity contribution is 5.47. The lowest BCUT2D eigenvalue weighted by molar-refractivity contribution is 0.508. The van der Waals surface area contributed by atoms with Crippen molar-refractivity contribution in [3.8, 4) is 0 Å². The van der Waals surface area contributed by atoms with E-state index < -0.39 is 11.6 Å². The van der Waals surface area contributed by atoms with Crippen molar-refractivity contribution in [2.24, 2.45) is 0 Å². The molecule has 15 heavy (non-hydrogen) atoms. The van der Waals surface area contributed by atoms with E-state index >= 15 is 0 Å². The molecule has 0 bridgehead atoms. The van der Waals surface area contributed by atoms with Crippen LogP contribution < -0.4 is 10.2 Å². The van der Waals surface area contributed by atoms with Crippen LogP contribution in [0.4, 0.5) is 14.5 Å². The highest BCUT2D eigenvalue weighted by atomic mass is 19.2. The van der Waals surface area contributed by atoms with Gasteiger partial charge in [0.2, 0.25) is 0 Å². The molecule has 1 aromatic rings. The predicted octanol–water partition coefficient (Wildman–Crippen LogP) is 1.76. The van der Waals surface area contributed by atoms with Gasteiger partial charge in [-0.05, 0) is 25.1 Å². The molecule has 0 saturated carbocycles. The van der Waals surface area contributed by atoms with Crippen molar-refractivity contribution in [2.45, 2.75) is 12.5 Å². The van der Waals surface area contributed by atoms with Crippen molar-refractivity contribution in [3.63, 3.8) is 0 Å². The van der Waals surface area contributed by atoms with Gasteiger partial charge in [0.25, 0.3) is 0 Å². The molecule has 2 rings (SSSR count). The predicted molar refractivity (Wildman–Crippen MR) is 56.0 cm³/mol. The third-order valence-corrected chi connectivity index (χ3v) is 2.89. The minimum atomic E-state index is -0.795. The molecule has 1 unspecified atom stereocenters. The highest BCUT2D eigenvalue weighted by Gasteiger charge is 2.20. The third kappa shape index (κ3) is 2.09. The summed E-state index contributed by atoms with van der Waals surface area (Å²) in [5.41, 5.74) is 0.725. The van der Waals surface area contributed by atoms with E-state index in [1.54, 1.807) is 6.07 Å². The first-order chi connectivity index (χ1) is 7.18. The standard InChI is InChI=1S/C11H14F2N2/c1-15(9-4-5-14-7-9)8-2-3-10(12)11(13)6-8/h2-3,6,9,14H,4-5,7H2,1H3. The Bertz CT molecular complexity index is 348. The lowest BCUT2D eigenvalue weighted by atomic mass is 10.2. The van der Waals surface area contributed by atoms with Gasteiger partial charge < -0.3 is 10.2 Å². The number of nitrogens with one attached hydrogen (secondary N) is 1. The summed E-state index contributed by atoms with van der Waals surface area (Å²) in [6.07, 6.45) is 1.04. The summed E-state index contributed by atoms with van der Waals surface area (Å²) in [6.45, 7) is 1.88. The quantitative estimate of drug-likeness (QED) is 0.803. The van der Waals surface area contributed by atoms with Gasteiger partial charge in [-0.25, -0.2) is 8.78 Å². The van der Waals surface area contributed by atoms with Gasteiger partial charge in [-0.15, -0.1) is 0 Å². The van der Waals surface area contributed by atoms with Crippen molar-refractivity contribution in [1.29, 1.82) is 0 Å². The summed E-state index contributed by atoms with van der Waals surface area (Å²) in [7, 11) is 1.91. The molecular formula is C11H14F2N2. The molecule has 0 aromatic heterocycles. The molecule has 1 aliphatic rings. The first-order valence-corrected chi connectivity index (χ1v) is 5.07. The second-order valence-electron chi connectivity index (χ2n) is 3.86. The Hall–Kier alpha value is -1.16. The Morgan fingerprint density at radius 2 is 2.13 bits per heavy atom. The molecule has 1 saturated heterocycles. The van der Waals surface area contributed by atoms with E-state index in [4.69, 9.17) is 0 Å². The molecule has 1 fully saturated rings. The van der Waals surface area contributed by atoms with E-state index in [-0.39, 0.29) is 0 Å². The summed E-state index contributed by atoms with van der Waals surface area (Å²) in [5, 5.41) is 3.24. The lowest BCUT2D eigenvalue weighted by Gasteiger charge is -2.25. The van der Waals surface area contributed by atoms with Gasteiger partial charge in [-0.3, -0.25) is 0 Å². The zero-order chi connectivity index (χ0) is 10.8. The van der Waals surface area contributed by atoms with Crippen LogP contribution >= 0.6 is 0 Å². The fourth-order valence-electron chi connectivity index (χ4n) is 1.89. The average Bonchev–Trinajstić information content (AvgIpc) is 2.74. The minimum Gasteiger partial charge on any atom is -0.370 e. The topological polar surface area (TPSA) is 15.3 Å². The Morgan fingerprint density at radius 1 is 1.33 bits per heavy atom. The van der Waals surface area contributed by atoms with Gasteiger partial charge in [0, 0.05) is 31.4 Å². The maximum atomic E-state index is 13.0. The van der Waals surface area contributed by atoms with E-state index in [0.717, 1.165) is 25.2 Å². The zero-order valence-electron chi connectivity index (χ0n) is 8.63. The molecule has 1 aromatic carbocycles. The summed E-state index contributed by atoms with van der Waals surface area (Å²) in [4.78, 5) is 1.99. The van der Waals surface area contributed by atoms with Gasteiger partial charge in [0.15, 0.2) is 11.6 Å². The Labute approximate surface area is 87.9 Å². The highest BCUT2D eigenvalue weighted by Crippen LogP contribution is 2.20. The number of hydrogen-bond donors (Lipinski definition) is 1. The number of rotatable bonds is 2. The van der Waals surface area contributed by atoms with Crippen LogP contribution in [0.15, 0.2) is 18.2 Å². The summed E-state index contributed by atoms with van der Waals surface area (Å²) >= 11 is 0. The largest absolute Gasteiger partial charge is 0.370 e. The van der Waals surface area contributed by atoms with Crippen LogP contribution in [-0.2, 0) is 0 Å². The van der Waals surface area contributed by atoms with Gasteiger partial charge in [-0.2, -0.15) is 0 Å². The molecule has 0 radical (unpaired) electrons. The van der Waals surface area contributed by atoms with Crippen LogP contribution in [0.25, 0.3) is 0 Å². The maximum absolute atomic E-state index is 13.0. The first kappa shape index (κ1) is 10.4. The van der Waals surface area contributed by atoms with E-state index in [2.05, 4.69) is 5.32 Å². The summed E-state index contributed by atoms with van der Waals surface area (Å²) < 4.78 is 25.7. The second kappa shape index (κ2) is 4.14. The van der Waals surface area contributed by atoms with Crippen molar-refractivity contribution in [2.75, 3.05) is 25.0 Å². The monoisotopic (exact) mass is 212 g/mol. The van der Waals surface area contributed by atoms with Crippen molar-refractivity contribution >= 4 is 5.69 Å². The van der Waals surface area contributed by atoms with Gasteiger partial charge in [-0.1, -0.05) is 0 Å². The number of benzene rings is 1. The second-order valence-corrected chi connectivity index (χ2v) is 3.86. The van der Waals surface area contributed by atoms with Gasteiger partial charge in [0.1, 0.15) is 0 Å². The van der Waals surface area contributed by atoms with Crippen molar-refractivity contribution < 1.29 is 8.78 Å². The fraction of sp³-hybridized carbons (Fsp3) is 0.455. The van der Waals surface area contributed by atoms with Crippen LogP contribution in [-0.4, -0.2) is 26.2 Å². The zero-order valence-corrected chi connectivity index (χ0v) is 8.63. The molecular weight excluding hydrogens is 198 g/mol. The molecule has 2 nitrogen and oxygen atoms in total. The third-order valence-electron chi connectivity index (χ3n) is 2.89. The van der Waals surface area contributed by atoms with Crippen LogP contribution in [0.3, 0.4) is 0 Å².